The molecule has 0 aliphatic rings. The third-order valence-electron chi connectivity index (χ3n) is 4.65. The molecular weight excluding hydrogens is 432 g/mol. The smallest absolute Gasteiger partial charge is 0.267 e. The summed E-state index contributed by atoms with van der Waals surface area (Å²) in [6.07, 6.45) is 1.56. The summed E-state index contributed by atoms with van der Waals surface area (Å²) >= 11 is 6.09. The largest absolute Gasteiger partial charge is 0.321 e. The van der Waals surface area contributed by atoms with E-state index in [-0.39, 0.29) is 9.93 Å². The second-order valence-corrected chi connectivity index (χ2v) is 9.35. The predicted molar refractivity (Wildman–Crippen MR) is 127 cm³/mol. The number of carbonyl (C=O) groups is 1. The molecular formula is C24H23ClN2O3S. The van der Waals surface area contributed by atoms with Gasteiger partial charge < -0.3 is 5.32 Å². The van der Waals surface area contributed by atoms with Crippen LogP contribution in [-0.4, -0.2) is 14.3 Å². The highest BCUT2D eigenvalue weighted by Gasteiger charge is 2.17. The van der Waals surface area contributed by atoms with Crippen molar-refractivity contribution in [2.75, 3.05) is 10.0 Å². The molecule has 0 unspecified atom stereocenters. The number of benzene rings is 3. The molecule has 3 aromatic carbocycles. The van der Waals surface area contributed by atoms with Crippen LogP contribution in [0, 0.1) is 20.8 Å². The lowest BCUT2D eigenvalue weighted by Crippen LogP contribution is -2.15. The first kappa shape index (κ1) is 22.6. The van der Waals surface area contributed by atoms with E-state index < -0.39 is 15.9 Å². The molecule has 0 radical (unpaired) electrons. The van der Waals surface area contributed by atoms with Crippen molar-refractivity contribution in [3.63, 3.8) is 0 Å². The van der Waals surface area contributed by atoms with Gasteiger partial charge in [0, 0.05) is 5.69 Å². The highest BCUT2D eigenvalue weighted by atomic mass is 35.5. The van der Waals surface area contributed by atoms with Crippen molar-refractivity contribution in [1.82, 2.24) is 0 Å². The van der Waals surface area contributed by atoms with Crippen molar-refractivity contribution in [3.8, 4) is 0 Å². The van der Waals surface area contributed by atoms with E-state index in [1.54, 1.807) is 6.08 Å². The molecule has 0 aromatic heterocycles. The molecule has 5 nitrogen and oxygen atoms in total. The average Bonchev–Trinajstić information content (AvgIpc) is 2.72. The van der Waals surface area contributed by atoms with Crippen molar-refractivity contribution >= 4 is 45.0 Å². The molecule has 0 bridgehead atoms. The summed E-state index contributed by atoms with van der Waals surface area (Å²) in [5.41, 5.74) is 4.58. The molecule has 0 aliphatic carbocycles. The number of hydrogen-bond acceptors (Lipinski definition) is 3. The molecule has 0 spiro atoms. The molecule has 0 heterocycles. The number of hydrogen-bond donors (Lipinski definition) is 2. The maximum atomic E-state index is 12.8. The van der Waals surface area contributed by atoms with Crippen molar-refractivity contribution < 1.29 is 13.2 Å². The summed E-state index contributed by atoms with van der Waals surface area (Å²) in [5.74, 6) is -0.481. The molecule has 7 heteroatoms. The number of halogens is 1. The van der Waals surface area contributed by atoms with Crippen LogP contribution in [0.15, 0.2) is 76.7 Å². The van der Waals surface area contributed by atoms with Gasteiger partial charge in [0.2, 0.25) is 0 Å². The highest BCUT2D eigenvalue weighted by Crippen LogP contribution is 2.26. The Balaban J connectivity index is 1.73. The van der Waals surface area contributed by atoms with Gasteiger partial charge in [-0.3, -0.25) is 9.52 Å². The van der Waals surface area contributed by atoms with E-state index in [1.807, 2.05) is 63.2 Å². The minimum absolute atomic E-state index is 0.0230. The summed E-state index contributed by atoms with van der Waals surface area (Å²) in [7, 11) is -3.77. The Labute approximate surface area is 187 Å². The van der Waals surface area contributed by atoms with E-state index >= 15 is 0 Å². The van der Waals surface area contributed by atoms with Crippen LogP contribution in [-0.2, 0) is 14.8 Å². The van der Waals surface area contributed by atoms with E-state index in [4.69, 9.17) is 11.6 Å². The van der Waals surface area contributed by atoms with Gasteiger partial charge in [0.05, 0.1) is 10.6 Å². The molecule has 0 saturated carbocycles. The van der Waals surface area contributed by atoms with Gasteiger partial charge in [0.1, 0.15) is 5.03 Å². The van der Waals surface area contributed by atoms with Crippen LogP contribution in [0.5, 0.6) is 0 Å². The van der Waals surface area contributed by atoms with Crippen molar-refractivity contribution in [3.05, 3.63) is 94.0 Å². The fourth-order valence-corrected chi connectivity index (χ4v) is 4.58. The van der Waals surface area contributed by atoms with Crippen LogP contribution in [0.2, 0.25) is 0 Å². The number of rotatable bonds is 6. The van der Waals surface area contributed by atoms with Crippen LogP contribution in [0.25, 0.3) is 6.08 Å². The quantitative estimate of drug-likeness (QED) is 0.474. The lowest BCUT2D eigenvalue weighted by Gasteiger charge is -2.14. The minimum Gasteiger partial charge on any atom is -0.321 e. The molecule has 0 fully saturated rings. The Morgan fingerprint density at radius 2 is 1.48 bits per heavy atom. The van der Waals surface area contributed by atoms with Gasteiger partial charge >= 0.3 is 0 Å². The van der Waals surface area contributed by atoms with Gasteiger partial charge in [-0.25, -0.2) is 8.42 Å². The molecule has 0 atom stereocenters. The molecule has 0 saturated heterocycles. The number of amides is 1. The zero-order valence-electron chi connectivity index (χ0n) is 17.4. The monoisotopic (exact) mass is 454 g/mol. The topological polar surface area (TPSA) is 75.3 Å². The van der Waals surface area contributed by atoms with Crippen LogP contribution >= 0.6 is 11.6 Å². The third-order valence-corrected chi connectivity index (χ3v) is 6.29. The van der Waals surface area contributed by atoms with Gasteiger partial charge in [-0.05, 0) is 67.8 Å². The maximum Gasteiger partial charge on any atom is 0.267 e. The first-order valence-corrected chi connectivity index (χ1v) is 11.5. The van der Waals surface area contributed by atoms with Crippen LogP contribution in [0.1, 0.15) is 22.3 Å². The van der Waals surface area contributed by atoms with Gasteiger partial charge in [0.25, 0.3) is 15.9 Å². The first-order valence-electron chi connectivity index (χ1n) is 9.60. The molecule has 3 rings (SSSR count). The normalized spacial score (nSPS) is 11.8. The van der Waals surface area contributed by atoms with Gasteiger partial charge in [-0.2, -0.15) is 0 Å². The van der Waals surface area contributed by atoms with Crippen molar-refractivity contribution in [2.45, 2.75) is 25.7 Å². The first-order chi connectivity index (χ1) is 14.7. The Hall–Kier alpha value is -3.09. The minimum atomic E-state index is -3.77. The Morgan fingerprint density at radius 1 is 0.903 bits per heavy atom. The summed E-state index contributed by atoms with van der Waals surface area (Å²) in [5, 5.41) is 2.68. The van der Waals surface area contributed by atoms with Gasteiger partial charge in [0.15, 0.2) is 0 Å². The van der Waals surface area contributed by atoms with E-state index in [0.29, 0.717) is 11.4 Å². The summed E-state index contributed by atoms with van der Waals surface area (Å²) in [4.78, 5) is 12.4. The Bertz CT molecular complexity index is 1210. The van der Waals surface area contributed by atoms with E-state index in [1.165, 1.54) is 24.3 Å². The summed E-state index contributed by atoms with van der Waals surface area (Å²) in [6.45, 7) is 5.69. The lowest BCUT2D eigenvalue weighted by molar-refractivity contribution is -0.112. The van der Waals surface area contributed by atoms with E-state index in [9.17, 15) is 13.2 Å². The Kier molecular flexibility index (Phi) is 6.83. The molecule has 31 heavy (non-hydrogen) atoms. The third kappa shape index (κ3) is 5.75. The fraction of sp³-hybridized carbons (Fsp3) is 0.125. The number of carbonyl (C=O) groups excluding carboxylic acids is 1. The zero-order chi connectivity index (χ0) is 22.6. The summed E-state index contributed by atoms with van der Waals surface area (Å²) in [6, 6.07) is 19.0. The standard InChI is InChI=1S/C24H23ClN2O3S/c1-16-13-17(2)23(18(3)14-16)27-31(29,30)21-11-9-20(10-12-21)26-24(28)22(25)15-19-7-5-4-6-8-19/h4-15,27H,1-3H3,(H,26,28)/b22-15-. The zero-order valence-corrected chi connectivity index (χ0v) is 19.0. The summed E-state index contributed by atoms with van der Waals surface area (Å²) < 4.78 is 28.3. The maximum absolute atomic E-state index is 12.8. The number of nitrogens with one attached hydrogen (secondary N) is 2. The molecule has 0 aliphatic heterocycles. The van der Waals surface area contributed by atoms with Crippen molar-refractivity contribution in [2.24, 2.45) is 0 Å². The van der Waals surface area contributed by atoms with Gasteiger partial charge in [-0.15, -0.1) is 0 Å². The lowest BCUT2D eigenvalue weighted by atomic mass is 10.1. The second-order valence-electron chi connectivity index (χ2n) is 7.26. The fourth-order valence-electron chi connectivity index (χ4n) is 3.20. The average molecular weight is 455 g/mol. The molecule has 1 amide bonds. The van der Waals surface area contributed by atoms with E-state index in [2.05, 4.69) is 10.0 Å². The molecule has 160 valence electrons. The van der Waals surface area contributed by atoms with E-state index in [0.717, 1.165) is 22.3 Å². The molecule has 3 aromatic rings. The van der Waals surface area contributed by atoms with Crippen LogP contribution < -0.4 is 10.0 Å². The Morgan fingerprint density at radius 3 is 2.06 bits per heavy atom. The number of anilines is 2. The SMILES string of the molecule is Cc1cc(C)c(NS(=O)(=O)c2ccc(NC(=O)/C(Cl)=C/c3ccccc3)cc2)c(C)c1. The number of aryl methyl sites for hydroxylation is 3. The second kappa shape index (κ2) is 9.37. The van der Waals surface area contributed by atoms with Crippen LogP contribution in [0.4, 0.5) is 11.4 Å². The molecule has 2 N–H and O–H groups in total. The predicted octanol–water partition coefficient (Wildman–Crippen LogP) is 5.63. The van der Waals surface area contributed by atoms with Gasteiger partial charge in [-0.1, -0.05) is 59.6 Å². The highest BCUT2D eigenvalue weighted by molar-refractivity contribution is 7.92. The van der Waals surface area contributed by atoms with Crippen molar-refractivity contribution in [1.29, 1.82) is 0 Å². The number of sulfonamides is 1. The van der Waals surface area contributed by atoms with Crippen LogP contribution in [0.3, 0.4) is 0 Å².